The molecule has 3 rings (SSSR count). The molecule has 1 fully saturated rings. The van der Waals surface area contributed by atoms with Gasteiger partial charge in [-0.25, -0.2) is 0 Å². The number of benzene rings is 1. The Balaban J connectivity index is 1.75. The highest BCUT2D eigenvalue weighted by atomic mass is 16.2. The second kappa shape index (κ2) is 6.20. The van der Waals surface area contributed by atoms with Crippen LogP contribution in [0.5, 0.6) is 0 Å². The van der Waals surface area contributed by atoms with Crippen LogP contribution in [-0.2, 0) is 0 Å². The van der Waals surface area contributed by atoms with Crippen LogP contribution in [0.4, 0.5) is 5.69 Å². The monoisotopic (exact) mass is 309 g/mol. The van der Waals surface area contributed by atoms with Gasteiger partial charge in [-0.3, -0.25) is 14.6 Å². The molecule has 0 aliphatic heterocycles. The highest BCUT2D eigenvalue weighted by Crippen LogP contribution is 2.20. The Morgan fingerprint density at radius 2 is 1.87 bits per heavy atom. The molecular formula is C18H19N3O2. The molecule has 23 heavy (non-hydrogen) atoms. The Hall–Kier alpha value is -2.69. The fraction of sp³-hybridized carbons (Fsp3) is 0.278. The Kier molecular flexibility index (Phi) is 4.10. The maximum absolute atomic E-state index is 12.4. The minimum atomic E-state index is -0.250. The van der Waals surface area contributed by atoms with E-state index >= 15 is 0 Å². The molecule has 118 valence electrons. The Bertz CT molecular complexity index is 767. The summed E-state index contributed by atoms with van der Waals surface area (Å²) in [5.41, 5.74) is 3.59. The molecule has 1 aromatic carbocycles. The fourth-order valence-electron chi connectivity index (χ4n) is 2.33. The van der Waals surface area contributed by atoms with Crippen LogP contribution in [0.15, 0.2) is 36.5 Å². The van der Waals surface area contributed by atoms with Crippen molar-refractivity contribution in [2.75, 3.05) is 5.32 Å². The molecule has 0 saturated heterocycles. The van der Waals surface area contributed by atoms with E-state index in [2.05, 4.69) is 15.6 Å². The van der Waals surface area contributed by atoms with Gasteiger partial charge in [0.25, 0.3) is 11.8 Å². The van der Waals surface area contributed by atoms with Crippen molar-refractivity contribution in [3.63, 3.8) is 0 Å². The fourth-order valence-corrected chi connectivity index (χ4v) is 2.33. The van der Waals surface area contributed by atoms with Crippen molar-refractivity contribution in [2.24, 2.45) is 0 Å². The van der Waals surface area contributed by atoms with Gasteiger partial charge in [-0.2, -0.15) is 0 Å². The minimum absolute atomic E-state index is 0.228. The molecule has 0 bridgehead atoms. The van der Waals surface area contributed by atoms with Crippen LogP contribution in [0.25, 0.3) is 0 Å². The number of rotatable bonds is 4. The van der Waals surface area contributed by atoms with Gasteiger partial charge in [0.1, 0.15) is 5.69 Å². The topological polar surface area (TPSA) is 71.1 Å². The summed E-state index contributed by atoms with van der Waals surface area (Å²) in [4.78, 5) is 28.5. The lowest BCUT2D eigenvalue weighted by Crippen LogP contribution is -2.26. The van der Waals surface area contributed by atoms with Crippen molar-refractivity contribution in [3.05, 3.63) is 58.9 Å². The van der Waals surface area contributed by atoms with Gasteiger partial charge in [0.15, 0.2) is 0 Å². The molecule has 0 atom stereocenters. The molecule has 1 aromatic heterocycles. The molecule has 0 radical (unpaired) electrons. The summed E-state index contributed by atoms with van der Waals surface area (Å²) in [5, 5.41) is 5.74. The molecule has 1 aliphatic rings. The Morgan fingerprint density at radius 1 is 1.09 bits per heavy atom. The van der Waals surface area contributed by atoms with E-state index in [1.165, 1.54) is 12.3 Å². The normalized spacial score (nSPS) is 13.5. The first-order valence-corrected chi connectivity index (χ1v) is 7.68. The van der Waals surface area contributed by atoms with Gasteiger partial charge < -0.3 is 10.6 Å². The number of pyridine rings is 1. The number of hydrogen-bond acceptors (Lipinski definition) is 3. The molecule has 1 saturated carbocycles. The first-order valence-electron chi connectivity index (χ1n) is 7.68. The third-order valence-corrected chi connectivity index (χ3v) is 3.80. The largest absolute Gasteiger partial charge is 0.348 e. The van der Waals surface area contributed by atoms with E-state index in [0.717, 1.165) is 29.7 Å². The molecule has 0 spiro atoms. The minimum Gasteiger partial charge on any atom is -0.348 e. The van der Waals surface area contributed by atoms with Crippen LogP contribution in [0.2, 0.25) is 0 Å². The summed E-state index contributed by atoms with van der Waals surface area (Å²) in [5.74, 6) is -0.478. The summed E-state index contributed by atoms with van der Waals surface area (Å²) in [6.45, 7) is 3.95. The first kappa shape index (κ1) is 15.2. The lowest BCUT2D eigenvalue weighted by Gasteiger charge is -2.10. The Morgan fingerprint density at radius 3 is 2.57 bits per heavy atom. The number of carbonyl (C=O) groups is 2. The van der Waals surface area contributed by atoms with Gasteiger partial charge in [0, 0.05) is 23.5 Å². The number of nitrogens with zero attached hydrogens (tertiary/aromatic N) is 1. The number of hydrogen-bond donors (Lipinski definition) is 2. The molecule has 1 heterocycles. The summed E-state index contributed by atoms with van der Waals surface area (Å²) in [6, 6.07) is 9.23. The summed E-state index contributed by atoms with van der Waals surface area (Å²) < 4.78 is 0. The van der Waals surface area contributed by atoms with E-state index in [0.29, 0.717) is 5.56 Å². The maximum atomic E-state index is 12.4. The van der Waals surface area contributed by atoms with E-state index in [4.69, 9.17) is 0 Å². The zero-order chi connectivity index (χ0) is 16.4. The SMILES string of the molecule is Cc1ccc(NC(=O)c2ccnc(C(=O)NC3CC3)c2)c(C)c1. The van der Waals surface area contributed by atoms with Gasteiger partial charge in [-0.15, -0.1) is 0 Å². The summed E-state index contributed by atoms with van der Waals surface area (Å²) >= 11 is 0. The Labute approximate surface area is 135 Å². The van der Waals surface area contributed by atoms with Crippen LogP contribution < -0.4 is 10.6 Å². The van der Waals surface area contributed by atoms with Crippen LogP contribution in [-0.4, -0.2) is 22.8 Å². The molecule has 5 nitrogen and oxygen atoms in total. The van der Waals surface area contributed by atoms with Gasteiger partial charge in [-0.05, 0) is 50.5 Å². The van der Waals surface area contributed by atoms with Gasteiger partial charge in [0.05, 0.1) is 0 Å². The van der Waals surface area contributed by atoms with Gasteiger partial charge in [-0.1, -0.05) is 17.7 Å². The molecule has 1 aliphatic carbocycles. The van der Waals surface area contributed by atoms with E-state index < -0.39 is 0 Å². The van der Waals surface area contributed by atoms with Crippen LogP contribution in [0, 0.1) is 13.8 Å². The number of amides is 2. The highest BCUT2D eigenvalue weighted by Gasteiger charge is 2.24. The third kappa shape index (κ3) is 3.74. The number of carbonyl (C=O) groups excluding carboxylic acids is 2. The van der Waals surface area contributed by atoms with Gasteiger partial charge >= 0.3 is 0 Å². The maximum Gasteiger partial charge on any atom is 0.270 e. The highest BCUT2D eigenvalue weighted by molar-refractivity contribution is 6.06. The molecule has 2 aromatic rings. The van der Waals surface area contributed by atoms with Crippen molar-refractivity contribution in [1.29, 1.82) is 0 Å². The molecule has 0 unspecified atom stereocenters. The number of anilines is 1. The number of nitrogens with one attached hydrogen (secondary N) is 2. The number of aryl methyl sites for hydroxylation is 2. The van der Waals surface area contributed by atoms with Crippen molar-refractivity contribution in [1.82, 2.24) is 10.3 Å². The molecule has 5 heteroatoms. The van der Waals surface area contributed by atoms with Crippen LogP contribution >= 0.6 is 0 Å². The summed E-state index contributed by atoms with van der Waals surface area (Å²) in [7, 11) is 0. The average molecular weight is 309 g/mol. The standard InChI is InChI=1S/C18H19N3O2/c1-11-3-6-15(12(2)9-11)21-17(22)13-7-8-19-16(10-13)18(23)20-14-4-5-14/h3,6-10,14H,4-5H2,1-2H3,(H,20,23)(H,21,22). The average Bonchev–Trinajstić information content (AvgIpc) is 3.34. The second-order valence-electron chi connectivity index (χ2n) is 5.95. The van der Waals surface area contributed by atoms with Crippen LogP contribution in [0.1, 0.15) is 44.8 Å². The van der Waals surface area contributed by atoms with E-state index in [1.807, 2.05) is 32.0 Å². The van der Waals surface area contributed by atoms with Crippen molar-refractivity contribution >= 4 is 17.5 Å². The predicted molar refractivity (Wildman–Crippen MR) is 88.6 cm³/mol. The zero-order valence-electron chi connectivity index (χ0n) is 13.2. The lowest BCUT2D eigenvalue weighted by molar-refractivity contribution is 0.0946. The smallest absolute Gasteiger partial charge is 0.270 e. The molecular weight excluding hydrogens is 290 g/mol. The summed E-state index contributed by atoms with van der Waals surface area (Å²) in [6.07, 6.45) is 3.51. The van der Waals surface area contributed by atoms with E-state index in [-0.39, 0.29) is 23.6 Å². The molecule has 2 amide bonds. The first-order chi connectivity index (χ1) is 11.0. The van der Waals surface area contributed by atoms with E-state index in [1.54, 1.807) is 6.07 Å². The second-order valence-corrected chi connectivity index (χ2v) is 5.95. The van der Waals surface area contributed by atoms with Crippen molar-refractivity contribution in [2.45, 2.75) is 32.7 Å². The lowest BCUT2D eigenvalue weighted by atomic mass is 10.1. The third-order valence-electron chi connectivity index (χ3n) is 3.80. The van der Waals surface area contributed by atoms with Crippen LogP contribution in [0.3, 0.4) is 0 Å². The van der Waals surface area contributed by atoms with Crippen molar-refractivity contribution < 1.29 is 9.59 Å². The number of aromatic nitrogens is 1. The van der Waals surface area contributed by atoms with E-state index in [9.17, 15) is 9.59 Å². The van der Waals surface area contributed by atoms with Gasteiger partial charge in [0.2, 0.25) is 0 Å². The quantitative estimate of drug-likeness (QED) is 0.912. The predicted octanol–water partition coefficient (Wildman–Crippen LogP) is 2.84. The zero-order valence-corrected chi connectivity index (χ0v) is 13.2. The van der Waals surface area contributed by atoms with Crippen molar-refractivity contribution in [3.8, 4) is 0 Å². The molecule has 2 N–H and O–H groups in total.